The molecule has 2 N–H and O–H groups in total. The van der Waals surface area contributed by atoms with Gasteiger partial charge in [-0.15, -0.1) is 0 Å². The lowest BCUT2D eigenvalue weighted by molar-refractivity contribution is -0.138. The van der Waals surface area contributed by atoms with Crippen molar-refractivity contribution in [3.05, 3.63) is 0 Å². The Morgan fingerprint density at radius 2 is 1.75 bits per heavy atom. The van der Waals surface area contributed by atoms with Crippen molar-refractivity contribution in [1.29, 1.82) is 0 Å². The monoisotopic (exact) mass is 283 g/mol. The van der Waals surface area contributed by atoms with Crippen LogP contribution in [-0.2, 0) is 4.79 Å². The molecule has 0 aromatic rings. The van der Waals surface area contributed by atoms with E-state index in [4.69, 9.17) is 5.11 Å². The molecule has 1 aliphatic heterocycles. The molecule has 2 aliphatic rings. The fourth-order valence-corrected chi connectivity index (χ4v) is 3.09. The zero-order valence-corrected chi connectivity index (χ0v) is 12.0. The van der Waals surface area contributed by atoms with E-state index in [9.17, 15) is 9.59 Å². The lowest BCUT2D eigenvalue weighted by Gasteiger charge is -2.33. The molecule has 0 atom stereocenters. The minimum Gasteiger partial charge on any atom is -0.480 e. The molecule has 6 nitrogen and oxygen atoms in total. The molecule has 1 heterocycles. The van der Waals surface area contributed by atoms with Gasteiger partial charge in [-0.25, -0.2) is 4.79 Å². The van der Waals surface area contributed by atoms with Crippen LogP contribution >= 0.6 is 0 Å². The number of piperazine rings is 1. The van der Waals surface area contributed by atoms with Gasteiger partial charge in [-0.3, -0.25) is 9.69 Å². The van der Waals surface area contributed by atoms with Crippen LogP contribution in [0.4, 0.5) is 4.79 Å². The number of nitrogens with one attached hydrogen (secondary N) is 1. The van der Waals surface area contributed by atoms with Crippen molar-refractivity contribution >= 4 is 12.0 Å². The molecule has 6 heteroatoms. The number of carbonyl (C=O) groups excluding carboxylic acids is 1. The van der Waals surface area contributed by atoms with Crippen molar-refractivity contribution in [3.8, 4) is 0 Å². The first kappa shape index (κ1) is 15.1. The molecule has 0 spiro atoms. The Balaban J connectivity index is 1.60. The van der Waals surface area contributed by atoms with E-state index in [-0.39, 0.29) is 12.6 Å². The van der Waals surface area contributed by atoms with Crippen molar-refractivity contribution in [1.82, 2.24) is 15.1 Å². The van der Waals surface area contributed by atoms with E-state index in [0.29, 0.717) is 26.2 Å². The normalized spacial score (nSPS) is 21.1. The SMILES string of the molecule is O=C(O)CN1CCN(C(=O)NCCC2CCCC2)CC1. The highest BCUT2D eigenvalue weighted by atomic mass is 16.4. The van der Waals surface area contributed by atoms with Crippen LogP contribution in [0.25, 0.3) is 0 Å². The predicted octanol–water partition coefficient (Wildman–Crippen LogP) is 0.978. The summed E-state index contributed by atoms with van der Waals surface area (Å²) in [5, 5.41) is 11.7. The number of rotatable bonds is 5. The molecule has 20 heavy (non-hydrogen) atoms. The number of urea groups is 1. The molecular formula is C14H25N3O3. The van der Waals surface area contributed by atoms with Gasteiger partial charge in [0.05, 0.1) is 6.54 Å². The fraction of sp³-hybridized carbons (Fsp3) is 0.857. The molecule has 1 saturated carbocycles. The third-order valence-electron chi connectivity index (χ3n) is 4.32. The van der Waals surface area contributed by atoms with E-state index in [1.54, 1.807) is 4.90 Å². The van der Waals surface area contributed by atoms with Crippen molar-refractivity contribution < 1.29 is 14.7 Å². The summed E-state index contributed by atoms with van der Waals surface area (Å²) in [6.07, 6.45) is 6.38. The molecule has 0 radical (unpaired) electrons. The van der Waals surface area contributed by atoms with Crippen LogP contribution < -0.4 is 5.32 Å². The largest absolute Gasteiger partial charge is 0.480 e. The Morgan fingerprint density at radius 3 is 2.35 bits per heavy atom. The summed E-state index contributed by atoms with van der Waals surface area (Å²) in [6, 6.07) is -0.00188. The van der Waals surface area contributed by atoms with E-state index in [1.807, 2.05) is 4.90 Å². The Morgan fingerprint density at radius 1 is 1.10 bits per heavy atom. The molecule has 2 amide bonds. The second kappa shape index (κ2) is 7.47. The zero-order chi connectivity index (χ0) is 14.4. The number of hydrogen-bond acceptors (Lipinski definition) is 3. The minimum absolute atomic E-state index is 0.00188. The van der Waals surface area contributed by atoms with E-state index in [2.05, 4.69) is 5.32 Å². The van der Waals surface area contributed by atoms with Crippen LogP contribution in [0.15, 0.2) is 0 Å². The molecule has 2 fully saturated rings. The second-order valence-electron chi connectivity index (χ2n) is 5.83. The van der Waals surface area contributed by atoms with E-state index in [1.165, 1.54) is 25.7 Å². The van der Waals surface area contributed by atoms with Crippen molar-refractivity contribution in [2.75, 3.05) is 39.3 Å². The van der Waals surface area contributed by atoms with Gasteiger partial charge in [0.1, 0.15) is 0 Å². The smallest absolute Gasteiger partial charge is 0.317 e. The van der Waals surface area contributed by atoms with Gasteiger partial charge < -0.3 is 15.3 Å². The maximum Gasteiger partial charge on any atom is 0.317 e. The topological polar surface area (TPSA) is 72.9 Å². The van der Waals surface area contributed by atoms with E-state index >= 15 is 0 Å². The van der Waals surface area contributed by atoms with Gasteiger partial charge >= 0.3 is 12.0 Å². The van der Waals surface area contributed by atoms with Crippen LogP contribution in [-0.4, -0.2) is 66.2 Å². The Kier molecular flexibility index (Phi) is 5.64. The lowest BCUT2D eigenvalue weighted by atomic mass is 10.0. The van der Waals surface area contributed by atoms with Gasteiger partial charge in [0.2, 0.25) is 0 Å². The average Bonchev–Trinajstić information content (AvgIpc) is 2.92. The first-order valence-corrected chi connectivity index (χ1v) is 7.62. The van der Waals surface area contributed by atoms with Crippen molar-refractivity contribution in [3.63, 3.8) is 0 Å². The van der Waals surface area contributed by atoms with E-state index < -0.39 is 5.97 Å². The van der Waals surface area contributed by atoms with Crippen LogP contribution in [0.5, 0.6) is 0 Å². The standard InChI is InChI=1S/C14H25N3O3/c18-13(19)11-16-7-9-17(10-8-16)14(20)15-6-5-12-3-1-2-4-12/h12H,1-11H2,(H,15,20)(H,18,19). The summed E-state index contributed by atoms with van der Waals surface area (Å²) in [4.78, 5) is 26.2. The Bertz CT molecular complexity index is 335. The highest BCUT2D eigenvalue weighted by molar-refractivity contribution is 5.74. The Labute approximate surface area is 120 Å². The molecule has 0 unspecified atom stereocenters. The van der Waals surface area contributed by atoms with Gasteiger partial charge in [0.25, 0.3) is 0 Å². The van der Waals surface area contributed by atoms with Gasteiger partial charge in [-0.05, 0) is 12.3 Å². The number of carboxylic acid groups (broad SMARTS) is 1. The third kappa shape index (κ3) is 4.67. The summed E-state index contributed by atoms with van der Waals surface area (Å²) >= 11 is 0. The van der Waals surface area contributed by atoms with Crippen molar-refractivity contribution in [2.45, 2.75) is 32.1 Å². The number of nitrogens with zero attached hydrogens (tertiary/aromatic N) is 2. The molecule has 1 aliphatic carbocycles. The molecule has 0 aromatic carbocycles. The molecular weight excluding hydrogens is 258 g/mol. The number of carbonyl (C=O) groups is 2. The summed E-state index contributed by atoms with van der Waals surface area (Å²) in [5.41, 5.74) is 0. The van der Waals surface area contributed by atoms with Gasteiger partial charge in [-0.1, -0.05) is 25.7 Å². The number of carboxylic acids is 1. The van der Waals surface area contributed by atoms with Gasteiger partial charge in [-0.2, -0.15) is 0 Å². The zero-order valence-electron chi connectivity index (χ0n) is 12.0. The average molecular weight is 283 g/mol. The summed E-state index contributed by atoms with van der Waals surface area (Å²) in [7, 11) is 0. The first-order valence-electron chi connectivity index (χ1n) is 7.62. The van der Waals surface area contributed by atoms with Gasteiger partial charge in [0.15, 0.2) is 0 Å². The highest BCUT2D eigenvalue weighted by Crippen LogP contribution is 2.26. The number of hydrogen-bond donors (Lipinski definition) is 2. The number of aliphatic carboxylic acids is 1. The number of amides is 2. The summed E-state index contributed by atoms with van der Waals surface area (Å²) in [6.45, 7) is 3.34. The maximum atomic E-state index is 12.0. The molecule has 114 valence electrons. The Hall–Kier alpha value is -1.30. The fourth-order valence-electron chi connectivity index (χ4n) is 3.09. The first-order chi connectivity index (χ1) is 9.65. The predicted molar refractivity (Wildman–Crippen MR) is 75.6 cm³/mol. The minimum atomic E-state index is -0.806. The van der Waals surface area contributed by atoms with Gasteiger partial charge in [0, 0.05) is 32.7 Å². The quantitative estimate of drug-likeness (QED) is 0.789. The molecule has 0 bridgehead atoms. The van der Waals surface area contributed by atoms with Crippen molar-refractivity contribution in [2.24, 2.45) is 5.92 Å². The molecule has 0 aromatic heterocycles. The van der Waals surface area contributed by atoms with Crippen LogP contribution in [0.2, 0.25) is 0 Å². The highest BCUT2D eigenvalue weighted by Gasteiger charge is 2.22. The summed E-state index contributed by atoms with van der Waals surface area (Å²) in [5.74, 6) is -0.0119. The third-order valence-corrected chi connectivity index (χ3v) is 4.32. The molecule has 2 rings (SSSR count). The molecule has 1 saturated heterocycles. The summed E-state index contributed by atoms with van der Waals surface area (Å²) < 4.78 is 0. The van der Waals surface area contributed by atoms with Crippen LogP contribution in [0.1, 0.15) is 32.1 Å². The van der Waals surface area contributed by atoms with Crippen LogP contribution in [0, 0.1) is 5.92 Å². The lowest BCUT2D eigenvalue weighted by Crippen LogP contribution is -2.52. The van der Waals surface area contributed by atoms with E-state index in [0.717, 1.165) is 18.9 Å². The maximum absolute atomic E-state index is 12.0. The second-order valence-corrected chi connectivity index (χ2v) is 5.83. The van der Waals surface area contributed by atoms with Crippen LogP contribution in [0.3, 0.4) is 0 Å².